The molecule has 1 aliphatic rings. The second kappa shape index (κ2) is 5.26. The Morgan fingerprint density at radius 2 is 2.13 bits per heavy atom. The third kappa shape index (κ3) is 3.31. The van der Waals surface area contributed by atoms with Crippen LogP contribution in [0.1, 0.15) is 37.8 Å². The predicted octanol–water partition coefficient (Wildman–Crippen LogP) is 2.57. The molecular formula is C13H19NO. The highest BCUT2D eigenvalue weighted by Gasteiger charge is 2.18. The van der Waals surface area contributed by atoms with Gasteiger partial charge in [-0.15, -0.1) is 0 Å². The fourth-order valence-electron chi connectivity index (χ4n) is 2.43. The van der Waals surface area contributed by atoms with Crippen molar-refractivity contribution in [2.75, 3.05) is 0 Å². The van der Waals surface area contributed by atoms with Gasteiger partial charge in [-0.2, -0.15) is 0 Å². The molecule has 1 heterocycles. The molecule has 2 unspecified atom stereocenters. The maximum Gasteiger partial charge on any atom is 0.0543 e. The van der Waals surface area contributed by atoms with Crippen LogP contribution in [0.3, 0.4) is 0 Å². The van der Waals surface area contributed by atoms with Gasteiger partial charge in [-0.05, 0) is 43.7 Å². The molecule has 0 spiro atoms. The third-order valence-electron chi connectivity index (χ3n) is 3.23. The smallest absolute Gasteiger partial charge is 0.0543 e. The zero-order chi connectivity index (χ0) is 10.5. The highest BCUT2D eigenvalue weighted by atomic mass is 16.3. The second-order valence-corrected chi connectivity index (χ2v) is 4.57. The fourth-order valence-corrected chi connectivity index (χ4v) is 2.43. The Morgan fingerprint density at radius 1 is 1.27 bits per heavy atom. The monoisotopic (exact) mass is 205 g/mol. The van der Waals surface area contributed by atoms with E-state index in [0.717, 1.165) is 25.0 Å². The summed E-state index contributed by atoms with van der Waals surface area (Å²) in [6.45, 7) is 0. The van der Waals surface area contributed by atoms with E-state index in [0.29, 0.717) is 5.92 Å². The van der Waals surface area contributed by atoms with Crippen LogP contribution < -0.4 is 0 Å². The third-order valence-corrected chi connectivity index (χ3v) is 3.23. The lowest BCUT2D eigenvalue weighted by atomic mass is 9.94. The number of hydrogen-bond acceptors (Lipinski definition) is 2. The molecule has 82 valence electrons. The van der Waals surface area contributed by atoms with Crippen LogP contribution in [0.25, 0.3) is 0 Å². The summed E-state index contributed by atoms with van der Waals surface area (Å²) in [7, 11) is 0. The molecule has 0 radical (unpaired) electrons. The molecule has 0 aliphatic heterocycles. The lowest BCUT2D eigenvalue weighted by Crippen LogP contribution is -2.13. The van der Waals surface area contributed by atoms with Gasteiger partial charge in [0, 0.05) is 11.9 Å². The van der Waals surface area contributed by atoms with Crippen LogP contribution >= 0.6 is 0 Å². The number of pyridine rings is 1. The van der Waals surface area contributed by atoms with Crippen molar-refractivity contribution < 1.29 is 5.11 Å². The Kier molecular flexibility index (Phi) is 3.73. The minimum atomic E-state index is -0.0822. The van der Waals surface area contributed by atoms with Gasteiger partial charge in [-0.25, -0.2) is 0 Å². The lowest BCUT2D eigenvalue weighted by molar-refractivity contribution is 0.141. The predicted molar refractivity (Wildman–Crippen MR) is 60.5 cm³/mol. The van der Waals surface area contributed by atoms with Crippen molar-refractivity contribution in [1.82, 2.24) is 4.98 Å². The number of aliphatic hydroxyl groups excluding tert-OH is 1. The van der Waals surface area contributed by atoms with Crippen molar-refractivity contribution in [3.63, 3.8) is 0 Å². The van der Waals surface area contributed by atoms with Gasteiger partial charge in [0.05, 0.1) is 6.10 Å². The number of aliphatic hydroxyl groups is 1. The van der Waals surface area contributed by atoms with E-state index in [1.54, 1.807) is 0 Å². The van der Waals surface area contributed by atoms with Gasteiger partial charge in [-0.3, -0.25) is 4.98 Å². The minimum absolute atomic E-state index is 0.0822. The summed E-state index contributed by atoms with van der Waals surface area (Å²) in [5.41, 5.74) is 1.16. The van der Waals surface area contributed by atoms with E-state index in [9.17, 15) is 5.11 Å². The van der Waals surface area contributed by atoms with Crippen molar-refractivity contribution in [2.24, 2.45) is 5.92 Å². The molecule has 1 aliphatic carbocycles. The minimum Gasteiger partial charge on any atom is -0.393 e. The normalized spacial score (nSPS) is 27.3. The largest absolute Gasteiger partial charge is 0.393 e. The Bertz CT molecular complexity index is 286. The van der Waals surface area contributed by atoms with Crippen LogP contribution in [0, 0.1) is 5.92 Å². The number of nitrogens with zero attached hydrogens (tertiary/aromatic N) is 1. The average molecular weight is 205 g/mol. The Morgan fingerprint density at radius 3 is 2.93 bits per heavy atom. The molecular weight excluding hydrogens is 186 g/mol. The van der Waals surface area contributed by atoms with E-state index < -0.39 is 0 Å². The van der Waals surface area contributed by atoms with Gasteiger partial charge in [0.25, 0.3) is 0 Å². The van der Waals surface area contributed by atoms with Gasteiger partial charge < -0.3 is 5.11 Å². The van der Waals surface area contributed by atoms with Gasteiger partial charge in [-0.1, -0.05) is 18.9 Å². The van der Waals surface area contributed by atoms with E-state index in [1.807, 2.05) is 18.3 Å². The summed E-state index contributed by atoms with van der Waals surface area (Å²) in [6, 6.07) is 6.07. The topological polar surface area (TPSA) is 33.1 Å². The van der Waals surface area contributed by atoms with Crippen molar-refractivity contribution >= 4 is 0 Å². The molecule has 15 heavy (non-hydrogen) atoms. The highest BCUT2D eigenvalue weighted by molar-refractivity contribution is 5.04. The Labute approximate surface area is 91.4 Å². The van der Waals surface area contributed by atoms with Crippen molar-refractivity contribution in [2.45, 2.75) is 44.6 Å². The summed E-state index contributed by atoms with van der Waals surface area (Å²) in [5, 5.41) is 9.72. The summed E-state index contributed by atoms with van der Waals surface area (Å²) in [4.78, 5) is 4.35. The summed E-state index contributed by atoms with van der Waals surface area (Å²) in [5.74, 6) is 0.623. The van der Waals surface area contributed by atoms with Crippen molar-refractivity contribution in [3.05, 3.63) is 30.1 Å². The summed E-state index contributed by atoms with van der Waals surface area (Å²) >= 11 is 0. The van der Waals surface area contributed by atoms with Crippen LogP contribution in [0.5, 0.6) is 0 Å². The fraction of sp³-hybridized carbons (Fsp3) is 0.615. The second-order valence-electron chi connectivity index (χ2n) is 4.57. The Balaban J connectivity index is 1.93. The van der Waals surface area contributed by atoms with E-state index in [4.69, 9.17) is 0 Å². The number of aromatic nitrogens is 1. The summed E-state index contributed by atoms with van der Waals surface area (Å²) in [6.07, 6.45) is 8.42. The first-order valence-corrected chi connectivity index (χ1v) is 5.92. The molecule has 1 fully saturated rings. The zero-order valence-corrected chi connectivity index (χ0v) is 9.10. The zero-order valence-electron chi connectivity index (χ0n) is 9.10. The quantitative estimate of drug-likeness (QED) is 0.753. The summed E-state index contributed by atoms with van der Waals surface area (Å²) < 4.78 is 0. The number of rotatable bonds is 2. The van der Waals surface area contributed by atoms with Crippen molar-refractivity contribution in [3.8, 4) is 0 Å². The van der Waals surface area contributed by atoms with Gasteiger partial charge >= 0.3 is 0 Å². The van der Waals surface area contributed by atoms with Crippen LogP contribution in [-0.2, 0) is 6.42 Å². The first-order chi connectivity index (χ1) is 7.34. The highest BCUT2D eigenvalue weighted by Crippen LogP contribution is 2.25. The van der Waals surface area contributed by atoms with E-state index >= 15 is 0 Å². The first kappa shape index (κ1) is 10.6. The molecule has 1 aromatic heterocycles. The molecule has 0 aromatic carbocycles. The van der Waals surface area contributed by atoms with Crippen LogP contribution in [0.15, 0.2) is 24.4 Å². The van der Waals surface area contributed by atoms with Crippen LogP contribution in [-0.4, -0.2) is 16.2 Å². The van der Waals surface area contributed by atoms with Crippen molar-refractivity contribution in [1.29, 1.82) is 0 Å². The molecule has 1 aromatic rings. The molecule has 2 atom stereocenters. The molecule has 1 N–H and O–H groups in total. The maximum absolute atomic E-state index is 9.72. The van der Waals surface area contributed by atoms with Gasteiger partial charge in [0.1, 0.15) is 0 Å². The van der Waals surface area contributed by atoms with Gasteiger partial charge in [0.2, 0.25) is 0 Å². The van der Waals surface area contributed by atoms with Crippen LogP contribution in [0.4, 0.5) is 0 Å². The lowest BCUT2D eigenvalue weighted by Gasteiger charge is -2.15. The average Bonchev–Trinajstić information content (AvgIpc) is 2.44. The molecule has 0 saturated heterocycles. The molecule has 2 heteroatoms. The SMILES string of the molecule is OC1CCCCC(Cc2ccccn2)C1. The van der Waals surface area contributed by atoms with E-state index in [-0.39, 0.29) is 6.10 Å². The standard InChI is InChI=1S/C13H19NO/c15-13-7-2-1-5-11(10-13)9-12-6-3-4-8-14-12/h3-4,6,8,11,13,15H,1-2,5,7,9-10H2. The van der Waals surface area contributed by atoms with Gasteiger partial charge in [0.15, 0.2) is 0 Å². The first-order valence-electron chi connectivity index (χ1n) is 5.92. The molecule has 0 bridgehead atoms. The van der Waals surface area contributed by atoms with E-state index in [2.05, 4.69) is 11.1 Å². The van der Waals surface area contributed by atoms with Crippen LogP contribution in [0.2, 0.25) is 0 Å². The maximum atomic E-state index is 9.72. The Hall–Kier alpha value is -0.890. The molecule has 1 saturated carbocycles. The van der Waals surface area contributed by atoms with E-state index in [1.165, 1.54) is 19.3 Å². The molecule has 2 rings (SSSR count). The number of hydrogen-bond donors (Lipinski definition) is 1. The molecule has 0 amide bonds. The molecule has 2 nitrogen and oxygen atoms in total.